The molecule has 1 atom stereocenters. The fourth-order valence-corrected chi connectivity index (χ4v) is 1.90. The first-order valence-electron chi connectivity index (χ1n) is 5.45. The van der Waals surface area contributed by atoms with E-state index < -0.39 is 11.6 Å². The summed E-state index contributed by atoms with van der Waals surface area (Å²) < 4.78 is 37.4. The van der Waals surface area contributed by atoms with Gasteiger partial charge < -0.3 is 9.47 Å². The van der Waals surface area contributed by atoms with Gasteiger partial charge in [-0.1, -0.05) is 0 Å². The topological polar surface area (TPSA) is 18.5 Å². The molecule has 1 aliphatic rings. The van der Waals surface area contributed by atoms with Crippen molar-refractivity contribution in [3.63, 3.8) is 0 Å². The summed E-state index contributed by atoms with van der Waals surface area (Å²) in [6.07, 6.45) is 0.864. The van der Waals surface area contributed by atoms with E-state index in [2.05, 4.69) is 0 Å². The lowest BCUT2D eigenvalue weighted by atomic mass is 10.1. The first-order chi connectivity index (χ1) is 8.20. The molecule has 0 saturated carbocycles. The maximum atomic E-state index is 13.5. The molecule has 0 aliphatic carbocycles. The molecular weight excluding hydrogens is 250 g/mol. The molecule has 1 aromatic rings. The molecule has 2 rings (SSSR count). The molecule has 2 nitrogen and oxygen atoms in total. The maximum Gasteiger partial charge on any atom is 0.190 e. The standard InChI is InChI=1S/C12H13ClF2O2/c13-5-9-3-10(14)12(11(15)4-9)17-7-8-1-2-16-6-8/h3-4,8H,1-2,5-7H2. The summed E-state index contributed by atoms with van der Waals surface area (Å²) in [7, 11) is 0. The lowest BCUT2D eigenvalue weighted by Crippen LogP contribution is -2.13. The van der Waals surface area contributed by atoms with Crippen LogP contribution in [-0.2, 0) is 10.6 Å². The van der Waals surface area contributed by atoms with E-state index in [0.717, 1.165) is 6.42 Å². The molecule has 94 valence electrons. The third-order valence-corrected chi connectivity index (χ3v) is 3.01. The summed E-state index contributed by atoms with van der Waals surface area (Å²) in [5, 5.41) is 0. The molecule has 0 radical (unpaired) electrons. The smallest absolute Gasteiger partial charge is 0.190 e. The normalized spacial score (nSPS) is 19.6. The fourth-order valence-electron chi connectivity index (χ4n) is 1.74. The summed E-state index contributed by atoms with van der Waals surface area (Å²) in [4.78, 5) is 0. The molecule has 17 heavy (non-hydrogen) atoms. The van der Waals surface area contributed by atoms with Crippen LogP contribution < -0.4 is 4.74 Å². The Labute approximate surface area is 103 Å². The second-order valence-electron chi connectivity index (χ2n) is 4.06. The van der Waals surface area contributed by atoms with Crippen LogP contribution in [0.25, 0.3) is 0 Å². The molecule has 1 fully saturated rings. The molecule has 0 spiro atoms. The maximum absolute atomic E-state index is 13.5. The Morgan fingerprint density at radius 3 is 2.59 bits per heavy atom. The Morgan fingerprint density at radius 2 is 2.06 bits per heavy atom. The Morgan fingerprint density at radius 1 is 1.35 bits per heavy atom. The molecule has 0 bridgehead atoms. The van der Waals surface area contributed by atoms with E-state index in [4.69, 9.17) is 21.1 Å². The molecule has 1 aromatic carbocycles. The second-order valence-corrected chi connectivity index (χ2v) is 4.33. The zero-order chi connectivity index (χ0) is 12.3. The highest BCUT2D eigenvalue weighted by Gasteiger charge is 2.19. The zero-order valence-corrected chi connectivity index (χ0v) is 9.97. The minimum Gasteiger partial charge on any atom is -0.487 e. The van der Waals surface area contributed by atoms with Crippen LogP contribution in [-0.4, -0.2) is 19.8 Å². The zero-order valence-electron chi connectivity index (χ0n) is 9.22. The minimum absolute atomic E-state index is 0.0740. The number of benzene rings is 1. The molecule has 0 N–H and O–H groups in total. The van der Waals surface area contributed by atoms with Gasteiger partial charge in [0.05, 0.1) is 13.2 Å². The predicted octanol–water partition coefficient (Wildman–Crippen LogP) is 3.12. The van der Waals surface area contributed by atoms with Crippen LogP contribution in [0.5, 0.6) is 5.75 Å². The predicted molar refractivity (Wildman–Crippen MR) is 60.3 cm³/mol. The van der Waals surface area contributed by atoms with E-state index in [1.165, 1.54) is 12.1 Å². The number of rotatable bonds is 4. The van der Waals surface area contributed by atoms with Gasteiger partial charge >= 0.3 is 0 Å². The van der Waals surface area contributed by atoms with Gasteiger partial charge in [0, 0.05) is 18.4 Å². The number of alkyl halides is 1. The van der Waals surface area contributed by atoms with E-state index in [1.807, 2.05) is 0 Å². The number of halogens is 3. The van der Waals surface area contributed by atoms with Crippen LogP contribution in [0.4, 0.5) is 8.78 Å². The van der Waals surface area contributed by atoms with Crippen molar-refractivity contribution in [3.05, 3.63) is 29.3 Å². The average Bonchev–Trinajstić information content (AvgIpc) is 2.80. The van der Waals surface area contributed by atoms with Gasteiger partial charge in [0.1, 0.15) is 0 Å². The molecule has 5 heteroatoms. The van der Waals surface area contributed by atoms with Crippen molar-refractivity contribution in [3.8, 4) is 5.75 Å². The third-order valence-electron chi connectivity index (χ3n) is 2.70. The summed E-state index contributed by atoms with van der Waals surface area (Å²) in [6.45, 7) is 1.54. The number of ether oxygens (including phenoxy) is 2. The van der Waals surface area contributed by atoms with E-state index >= 15 is 0 Å². The number of hydrogen-bond acceptors (Lipinski definition) is 2. The fraction of sp³-hybridized carbons (Fsp3) is 0.500. The van der Waals surface area contributed by atoms with E-state index in [9.17, 15) is 8.78 Å². The Kier molecular flexibility index (Phi) is 4.18. The Hall–Kier alpha value is -0.870. The Balaban J connectivity index is 2.04. The monoisotopic (exact) mass is 262 g/mol. The van der Waals surface area contributed by atoms with Crippen LogP contribution in [0.1, 0.15) is 12.0 Å². The minimum atomic E-state index is -0.709. The highest BCUT2D eigenvalue weighted by atomic mass is 35.5. The summed E-state index contributed by atoms with van der Waals surface area (Å²) in [5.74, 6) is -1.46. The quantitative estimate of drug-likeness (QED) is 0.776. The highest BCUT2D eigenvalue weighted by molar-refractivity contribution is 6.17. The van der Waals surface area contributed by atoms with Gasteiger partial charge in [-0.3, -0.25) is 0 Å². The van der Waals surface area contributed by atoms with Crippen molar-refractivity contribution in [2.75, 3.05) is 19.8 Å². The lowest BCUT2D eigenvalue weighted by molar-refractivity contribution is 0.163. The van der Waals surface area contributed by atoms with Gasteiger partial charge in [0.2, 0.25) is 0 Å². The van der Waals surface area contributed by atoms with Crippen molar-refractivity contribution in [2.24, 2.45) is 5.92 Å². The molecule has 0 aromatic heterocycles. The largest absolute Gasteiger partial charge is 0.487 e. The van der Waals surface area contributed by atoms with Gasteiger partial charge in [-0.25, -0.2) is 8.78 Å². The van der Waals surface area contributed by atoms with Crippen LogP contribution in [0, 0.1) is 17.6 Å². The van der Waals surface area contributed by atoms with Crippen molar-refractivity contribution < 1.29 is 18.3 Å². The van der Waals surface area contributed by atoms with Crippen molar-refractivity contribution in [1.82, 2.24) is 0 Å². The summed E-state index contributed by atoms with van der Waals surface area (Å²) in [6, 6.07) is 2.38. The van der Waals surface area contributed by atoms with Gasteiger partial charge in [-0.2, -0.15) is 0 Å². The van der Waals surface area contributed by atoms with Gasteiger partial charge in [-0.15, -0.1) is 11.6 Å². The van der Waals surface area contributed by atoms with Crippen molar-refractivity contribution >= 4 is 11.6 Å². The molecule has 1 saturated heterocycles. The van der Waals surface area contributed by atoms with Gasteiger partial charge in [0.25, 0.3) is 0 Å². The third kappa shape index (κ3) is 3.07. The molecule has 1 heterocycles. The van der Waals surface area contributed by atoms with Crippen molar-refractivity contribution in [1.29, 1.82) is 0 Å². The highest BCUT2D eigenvalue weighted by Crippen LogP contribution is 2.25. The Bertz CT molecular complexity index is 369. The van der Waals surface area contributed by atoms with Crippen LogP contribution in [0.15, 0.2) is 12.1 Å². The van der Waals surface area contributed by atoms with Crippen LogP contribution >= 0.6 is 11.6 Å². The molecule has 0 amide bonds. The summed E-state index contributed by atoms with van der Waals surface area (Å²) >= 11 is 5.51. The SMILES string of the molecule is Fc1cc(CCl)cc(F)c1OCC1CCOC1. The van der Waals surface area contributed by atoms with E-state index in [1.54, 1.807) is 0 Å². The number of hydrogen-bond donors (Lipinski definition) is 0. The average molecular weight is 263 g/mol. The van der Waals surface area contributed by atoms with E-state index in [0.29, 0.717) is 18.8 Å². The van der Waals surface area contributed by atoms with Crippen LogP contribution in [0.3, 0.4) is 0 Å². The van der Waals surface area contributed by atoms with E-state index in [-0.39, 0.29) is 24.2 Å². The molecular formula is C12H13ClF2O2. The lowest BCUT2D eigenvalue weighted by Gasteiger charge is -2.12. The molecule has 1 unspecified atom stereocenters. The second kappa shape index (κ2) is 5.65. The van der Waals surface area contributed by atoms with Crippen LogP contribution in [0.2, 0.25) is 0 Å². The first-order valence-corrected chi connectivity index (χ1v) is 5.98. The summed E-state index contributed by atoms with van der Waals surface area (Å²) in [5.41, 5.74) is 0.401. The first kappa shape index (κ1) is 12.6. The van der Waals surface area contributed by atoms with Gasteiger partial charge in [0.15, 0.2) is 17.4 Å². The van der Waals surface area contributed by atoms with Crippen molar-refractivity contribution in [2.45, 2.75) is 12.3 Å². The van der Waals surface area contributed by atoms with Gasteiger partial charge in [-0.05, 0) is 24.1 Å². The molecule has 1 aliphatic heterocycles.